The third-order valence-corrected chi connectivity index (χ3v) is 5.70. The summed E-state index contributed by atoms with van der Waals surface area (Å²) < 4.78 is 7.13. The number of hydrogen-bond donors (Lipinski definition) is 2. The number of aryl methyl sites for hydroxylation is 1. The Morgan fingerprint density at radius 2 is 1.93 bits per heavy atom. The van der Waals surface area contributed by atoms with E-state index < -0.39 is 0 Å². The van der Waals surface area contributed by atoms with Crippen molar-refractivity contribution < 1.29 is 4.74 Å². The van der Waals surface area contributed by atoms with Gasteiger partial charge in [-0.25, -0.2) is 4.68 Å². The van der Waals surface area contributed by atoms with Crippen LogP contribution in [0.5, 0.6) is 0 Å². The number of rotatable bonds is 5. The minimum absolute atomic E-state index is 0.596. The van der Waals surface area contributed by atoms with Gasteiger partial charge in [0.25, 0.3) is 0 Å². The Labute approximate surface area is 178 Å². The van der Waals surface area contributed by atoms with Crippen LogP contribution in [0.2, 0.25) is 5.02 Å². The van der Waals surface area contributed by atoms with Crippen molar-refractivity contribution in [1.82, 2.24) is 29.9 Å². The number of nitrogens with zero attached hydrogens (tertiary/aromatic N) is 5. The van der Waals surface area contributed by atoms with Gasteiger partial charge in [-0.3, -0.25) is 10.00 Å². The number of nitrogens with one attached hydrogen (secondary N) is 2. The number of fused-ring (bicyclic) bond motifs is 1. The van der Waals surface area contributed by atoms with Gasteiger partial charge in [-0.1, -0.05) is 35.9 Å². The van der Waals surface area contributed by atoms with Gasteiger partial charge in [0.15, 0.2) is 5.82 Å². The second-order valence-corrected chi connectivity index (χ2v) is 7.73. The van der Waals surface area contributed by atoms with Crippen molar-refractivity contribution in [1.29, 1.82) is 0 Å². The van der Waals surface area contributed by atoms with Crippen LogP contribution in [0, 0.1) is 0 Å². The molecule has 8 nitrogen and oxygen atoms in total. The number of aromatic amines is 1. The summed E-state index contributed by atoms with van der Waals surface area (Å²) in [6.07, 6.45) is 1.71. The summed E-state index contributed by atoms with van der Waals surface area (Å²) in [5.41, 5.74) is 3.89. The predicted octanol–water partition coefficient (Wildman–Crippen LogP) is 3.59. The first-order chi connectivity index (χ1) is 14.7. The van der Waals surface area contributed by atoms with E-state index in [1.165, 1.54) is 5.56 Å². The van der Waals surface area contributed by atoms with Crippen molar-refractivity contribution in [2.24, 2.45) is 7.05 Å². The first kappa shape index (κ1) is 19.0. The van der Waals surface area contributed by atoms with E-state index in [1.54, 1.807) is 10.9 Å². The molecule has 0 bridgehead atoms. The molecule has 0 spiro atoms. The van der Waals surface area contributed by atoms with E-state index in [2.05, 4.69) is 54.8 Å². The number of ether oxygens (including phenoxy) is 1. The number of anilines is 2. The predicted molar refractivity (Wildman–Crippen MR) is 117 cm³/mol. The van der Waals surface area contributed by atoms with Gasteiger partial charge in [-0.15, -0.1) is 5.10 Å². The van der Waals surface area contributed by atoms with E-state index in [9.17, 15) is 0 Å². The van der Waals surface area contributed by atoms with Crippen molar-refractivity contribution in [2.75, 3.05) is 31.6 Å². The van der Waals surface area contributed by atoms with Gasteiger partial charge in [0.05, 0.1) is 35.6 Å². The van der Waals surface area contributed by atoms with Crippen LogP contribution < -0.4 is 5.32 Å². The average Bonchev–Trinajstić information content (AvgIpc) is 3.39. The lowest BCUT2D eigenvalue weighted by molar-refractivity contribution is 0.0342. The first-order valence-corrected chi connectivity index (χ1v) is 10.2. The topological polar surface area (TPSA) is 83.9 Å². The van der Waals surface area contributed by atoms with Crippen LogP contribution in [-0.2, 0) is 18.3 Å². The Morgan fingerprint density at radius 3 is 2.73 bits per heavy atom. The minimum atomic E-state index is 0.596. The highest BCUT2D eigenvalue weighted by Crippen LogP contribution is 2.32. The van der Waals surface area contributed by atoms with Crippen LogP contribution in [0.1, 0.15) is 5.56 Å². The lowest BCUT2D eigenvalue weighted by atomic mass is 10.1. The molecular weight excluding hydrogens is 402 g/mol. The van der Waals surface area contributed by atoms with Gasteiger partial charge < -0.3 is 10.1 Å². The van der Waals surface area contributed by atoms with E-state index in [4.69, 9.17) is 16.3 Å². The van der Waals surface area contributed by atoms with Crippen LogP contribution in [-0.4, -0.2) is 56.2 Å². The smallest absolute Gasteiger partial charge is 0.225 e. The van der Waals surface area contributed by atoms with Gasteiger partial charge >= 0.3 is 0 Å². The summed E-state index contributed by atoms with van der Waals surface area (Å²) in [5, 5.41) is 16.2. The van der Waals surface area contributed by atoms with Crippen LogP contribution in [0.3, 0.4) is 0 Å². The first-order valence-electron chi connectivity index (χ1n) is 9.86. The molecular formula is C21H22ClN7O. The molecule has 9 heteroatoms. The van der Waals surface area contributed by atoms with Gasteiger partial charge in [0.2, 0.25) is 5.95 Å². The third-order valence-electron chi connectivity index (χ3n) is 5.29. The molecule has 1 saturated heterocycles. The fraction of sp³-hybridized carbons (Fsp3) is 0.286. The van der Waals surface area contributed by atoms with E-state index >= 15 is 0 Å². The number of benzene rings is 2. The molecule has 0 unspecified atom stereocenters. The molecule has 0 amide bonds. The molecule has 0 aliphatic carbocycles. The summed E-state index contributed by atoms with van der Waals surface area (Å²) in [6.45, 7) is 4.51. The van der Waals surface area contributed by atoms with E-state index in [0.717, 1.165) is 55.0 Å². The highest BCUT2D eigenvalue weighted by Gasteiger charge is 2.14. The van der Waals surface area contributed by atoms with Crippen molar-refractivity contribution in [3.63, 3.8) is 0 Å². The molecule has 0 saturated carbocycles. The second-order valence-electron chi connectivity index (χ2n) is 7.35. The monoisotopic (exact) mass is 423 g/mol. The van der Waals surface area contributed by atoms with E-state index in [1.807, 2.05) is 19.2 Å². The normalized spacial score (nSPS) is 15.0. The number of hydrogen-bond acceptors (Lipinski definition) is 6. The lowest BCUT2D eigenvalue weighted by Gasteiger charge is -2.26. The third kappa shape index (κ3) is 3.77. The fourth-order valence-electron chi connectivity index (χ4n) is 3.59. The SMILES string of the molecule is Cn1nc(-c2ccc(CN3CCOCC3)cc2)nc1Nc1ccc2[nH]ncc2c1Cl. The van der Waals surface area contributed by atoms with Crippen LogP contribution in [0.15, 0.2) is 42.6 Å². The Morgan fingerprint density at radius 1 is 1.13 bits per heavy atom. The second kappa shape index (κ2) is 8.06. The van der Waals surface area contributed by atoms with Crippen molar-refractivity contribution in [3.05, 3.63) is 53.2 Å². The molecule has 0 atom stereocenters. The highest BCUT2D eigenvalue weighted by molar-refractivity contribution is 6.38. The Kier molecular flexibility index (Phi) is 5.12. The van der Waals surface area contributed by atoms with E-state index in [-0.39, 0.29) is 0 Å². The van der Waals surface area contributed by atoms with Crippen molar-refractivity contribution in [2.45, 2.75) is 6.54 Å². The molecule has 5 rings (SSSR count). The molecule has 4 aromatic rings. The zero-order chi connectivity index (χ0) is 20.5. The Balaban J connectivity index is 1.33. The van der Waals surface area contributed by atoms with Crippen molar-refractivity contribution >= 4 is 34.1 Å². The molecule has 2 N–H and O–H groups in total. The lowest BCUT2D eigenvalue weighted by Crippen LogP contribution is -2.35. The van der Waals surface area contributed by atoms with E-state index in [0.29, 0.717) is 16.8 Å². The highest BCUT2D eigenvalue weighted by atomic mass is 35.5. The molecule has 1 fully saturated rings. The summed E-state index contributed by atoms with van der Waals surface area (Å²) in [6, 6.07) is 12.2. The molecule has 30 heavy (non-hydrogen) atoms. The summed E-state index contributed by atoms with van der Waals surface area (Å²) in [7, 11) is 1.86. The van der Waals surface area contributed by atoms with Gasteiger partial charge in [0.1, 0.15) is 0 Å². The maximum absolute atomic E-state index is 6.51. The molecule has 0 radical (unpaired) electrons. The summed E-state index contributed by atoms with van der Waals surface area (Å²) in [5.74, 6) is 1.28. The molecule has 2 aromatic carbocycles. The van der Waals surface area contributed by atoms with Crippen LogP contribution in [0.4, 0.5) is 11.6 Å². The summed E-state index contributed by atoms with van der Waals surface area (Å²) in [4.78, 5) is 7.06. The van der Waals surface area contributed by atoms with Crippen LogP contribution in [0.25, 0.3) is 22.3 Å². The molecule has 1 aliphatic heterocycles. The van der Waals surface area contributed by atoms with Gasteiger partial charge in [0, 0.05) is 37.6 Å². The maximum Gasteiger partial charge on any atom is 0.225 e. The molecule has 1 aliphatic rings. The zero-order valence-electron chi connectivity index (χ0n) is 16.6. The number of morpholine rings is 1. The Bertz CT molecular complexity index is 1160. The number of halogens is 1. The summed E-state index contributed by atoms with van der Waals surface area (Å²) >= 11 is 6.51. The minimum Gasteiger partial charge on any atom is -0.379 e. The fourth-order valence-corrected chi connectivity index (χ4v) is 3.85. The standard InChI is InChI=1S/C21H22ClN7O/c1-28-21(24-18-7-6-17-16(19(18)22)12-23-26-17)25-20(27-28)15-4-2-14(3-5-15)13-29-8-10-30-11-9-29/h2-7,12H,8-11,13H2,1H3,(H,23,26)(H,24,25,27). The maximum atomic E-state index is 6.51. The Hall–Kier alpha value is -2.94. The molecule has 3 heterocycles. The molecule has 2 aromatic heterocycles. The van der Waals surface area contributed by atoms with Gasteiger partial charge in [-0.05, 0) is 17.7 Å². The largest absolute Gasteiger partial charge is 0.379 e. The van der Waals surface area contributed by atoms with Crippen LogP contribution >= 0.6 is 11.6 Å². The zero-order valence-corrected chi connectivity index (χ0v) is 17.4. The number of H-pyrrole nitrogens is 1. The van der Waals surface area contributed by atoms with Gasteiger partial charge in [-0.2, -0.15) is 10.1 Å². The average molecular weight is 424 g/mol. The van der Waals surface area contributed by atoms with Crippen molar-refractivity contribution in [3.8, 4) is 11.4 Å². The number of aromatic nitrogens is 5. The quantitative estimate of drug-likeness (QED) is 0.510. The molecule has 154 valence electrons.